The van der Waals surface area contributed by atoms with Crippen molar-refractivity contribution in [2.24, 2.45) is 0 Å². The van der Waals surface area contributed by atoms with Gasteiger partial charge in [0.2, 0.25) is 0 Å². The van der Waals surface area contributed by atoms with E-state index in [-0.39, 0.29) is 5.41 Å². The fraction of sp³-hybridized carbons (Fsp3) is 0.647. The smallest absolute Gasteiger partial charge is 0.161 e. The summed E-state index contributed by atoms with van der Waals surface area (Å²) < 4.78 is 11.4. The molecule has 110 valence electrons. The Hall–Kier alpha value is -1.22. The Bertz CT molecular complexity index is 450. The maximum absolute atomic E-state index is 5.76. The number of likely N-dealkylation sites (N-methyl/N-ethyl adjacent to an activating group) is 1. The molecule has 1 N–H and O–H groups in total. The van der Waals surface area contributed by atoms with Gasteiger partial charge in [-0.3, -0.25) is 0 Å². The Morgan fingerprint density at radius 1 is 1.00 bits per heavy atom. The van der Waals surface area contributed by atoms with Gasteiger partial charge in [-0.1, -0.05) is 31.7 Å². The monoisotopic (exact) mass is 275 g/mol. The van der Waals surface area contributed by atoms with Gasteiger partial charge in [-0.15, -0.1) is 0 Å². The quantitative estimate of drug-likeness (QED) is 0.859. The van der Waals surface area contributed by atoms with Crippen molar-refractivity contribution < 1.29 is 9.47 Å². The van der Waals surface area contributed by atoms with E-state index in [1.807, 2.05) is 0 Å². The molecule has 0 unspecified atom stereocenters. The van der Waals surface area contributed by atoms with Gasteiger partial charge >= 0.3 is 0 Å². The molecule has 1 saturated carbocycles. The summed E-state index contributed by atoms with van der Waals surface area (Å²) in [5.74, 6) is 1.82. The maximum Gasteiger partial charge on any atom is 0.161 e. The van der Waals surface area contributed by atoms with E-state index in [2.05, 4.69) is 30.6 Å². The van der Waals surface area contributed by atoms with Crippen LogP contribution in [0.3, 0.4) is 0 Å². The average Bonchev–Trinajstić information content (AvgIpc) is 2.74. The van der Waals surface area contributed by atoms with E-state index in [0.717, 1.165) is 18.0 Å². The topological polar surface area (TPSA) is 30.5 Å². The van der Waals surface area contributed by atoms with Crippen molar-refractivity contribution in [3.05, 3.63) is 23.8 Å². The van der Waals surface area contributed by atoms with Gasteiger partial charge in [0.05, 0.1) is 0 Å². The Morgan fingerprint density at radius 2 is 1.70 bits per heavy atom. The lowest BCUT2D eigenvalue weighted by molar-refractivity contribution is 0.171. The summed E-state index contributed by atoms with van der Waals surface area (Å²) in [6, 6.07) is 6.56. The van der Waals surface area contributed by atoms with Gasteiger partial charge in [0.1, 0.15) is 13.2 Å². The third-order valence-corrected chi connectivity index (χ3v) is 4.73. The number of hydrogen-bond acceptors (Lipinski definition) is 3. The Morgan fingerprint density at radius 3 is 2.40 bits per heavy atom. The van der Waals surface area contributed by atoms with Crippen molar-refractivity contribution in [1.29, 1.82) is 0 Å². The van der Waals surface area contributed by atoms with Crippen molar-refractivity contribution in [2.75, 3.05) is 26.8 Å². The zero-order valence-electron chi connectivity index (χ0n) is 12.4. The molecule has 3 nitrogen and oxygen atoms in total. The van der Waals surface area contributed by atoms with Crippen LogP contribution < -0.4 is 14.8 Å². The SMILES string of the molecule is CNCC1(c2ccc3c(c2)OCCO3)CCCCCC1. The van der Waals surface area contributed by atoms with E-state index in [1.165, 1.54) is 44.1 Å². The lowest BCUT2D eigenvalue weighted by Gasteiger charge is -2.34. The molecule has 20 heavy (non-hydrogen) atoms. The molecule has 1 aliphatic carbocycles. The van der Waals surface area contributed by atoms with Gasteiger partial charge in [0, 0.05) is 12.0 Å². The van der Waals surface area contributed by atoms with E-state index < -0.39 is 0 Å². The van der Waals surface area contributed by atoms with Crippen LogP contribution in [-0.2, 0) is 5.41 Å². The number of nitrogens with one attached hydrogen (secondary N) is 1. The molecule has 1 aromatic rings. The van der Waals surface area contributed by atoms with Crippen molar-refractivity contribution in [3.8, 4) is 11.5 Å². The summed E-state index contributed by atoms with van der Waals surface area (Å²) >= 11 is 0. The highest BCUT2D eigenvalue weighted by molar-refractivity contribution is 5.46. The summed E-state index contributed by atoms with van der Waals surface area (Å²) in [6.07, 6.45) is 7.94. The van der Waals surface area contributed by atoms with Crippen molar-refractivity contribution in [3.63, 3.8) is 0 Å². The second-order valence-electron chi connectivity index (χ2n) is 6.08. The largest absolute Gasteiger partial charge is 0.486 e. The van der Waals surface area contributed by atoms with Crippen molar-refractivity contribution in [1.82, 2.24) is 5.32 Å². The van der Waals surface area contributed by atoms with Crippen molar-refractivity contribution >= 4 is 0 Å². The summed E-state index contributed by atoms with van der Waals surface area (Å²) in [4.78, 5) is 0. The highest BCUT2D eigenvalue weighted by Crippen LogP contribution is 2.41. The molecule has 0 bridgehead atoms. The highest BCUT2D eigenvalue weighted by Gasteiger charge is 2.33. The van der Waals surface area contributed by atoms with Crippen molar-refractivity contribution in [2.45, 2.75) is 43.9 Å². The fourth-order valence-electron chi connectivity index (χ4n) is 3.68. The van der Waals surface area contributed by atoms with Crippen LogP contribution in [0.15, 0.2) is 18.2 Å². The molecule has 1 fully saturated rings. The van der Waals surface area contributed by atoms with E-state index in [1.54, 1.807) is 0 Å². The van der Waals surface area contributed by atoms with Crippen LogP contribution in [0.1, 0.15) is 44.1 Å². The minimum atomic E-state index is 0.265. The standard InChI is InChI=1S/C17H25NO2/c1-18-13-17(8-4-2-3-5-9-17)14-6-7-15-16(12-14)20-11-10-19-15/h6-7,12,18H,2-5,8-11,13H2,1H3. The Labute approximate surface area is 121 Å². The van der Waals surface area contributed by atoms with Crippen LogP contribution in [0.2, 0.25) is 0 Å². The van der Waals surface area contributed by atoms with E-state index >= 15 is 0 Å². The van der Waals surface area contributed by atoms with Crippen LogP contribution in [0.4, 0.5) is 0 Å². The van der Waals surface area contributed by atoms with Gasteiger partial charge in [0.25, 0.3) is 0 Å². The molecule has 0 amide bonds. The van der Waals surface area contributed by atoms with E-state index in [9.17, 15) is 0 Å². The van der Waals surface area contributed by atoms with Gasteiger partial charge < -0.3 is 14.8 Å². The first-order chi connectivity index (χ1) is 9.84. The van der Waals surface area contributed by atoms with Crippen LogP contribution >= 0.6 is 0 Å². The number of ether oxygens (including phenoxy) is 2. The maximum atomic E-state index is 5.76. The predicted molar refractivity (Wildman–Crippen MR) is 80.7 cm³/mol. The second-order valence-corrected chi connectivity index (χ2v) is 6.08. The van der Waals surface area contributed by atoms with Crippen LogP contribution in [0, 0.1) is 0 Å². The first-order valence-corrected chi connectivity index (χ1v) is 7.89. The van der Waals surface area contributed by atoms with E-state index in [4.69, 9.17) is 9.47 Å². The molecule has 0 atom stereocenters. The van der Waals surface area contributed by atoms with E-state index in [0.29, 0.717) is 13.2 Å². The van der Waals surface area contributed by atoms with Crippen LogP contribution in [0.5, 0.6) is 11.5 Å². The first-order valence-electron chi connectivity index (χ1n) is 7.89. The first kappa shape index (κ1) is 13.7. The predicted octanol–water partition coefficient (Wildman–Crippen LogP) is 3.27. The molecular weight excluding hydrogens is 250 g/mol. The van der Waals surface area contributed by atoms with Gasteiger partial charge in [-0.05, 0) is 37.6 Å². The Kier molecular flexibility index (Phi) is 4.16. The van der Waals surface area contributed by atoms with Crippen LogP contribution in [-0.4, -0.2) is 26.8 Å². The molecule has 1 heterocycles. The molecule has 0 radical (unpaired) electrons. The van der Waals surface area contributed by atoms with Gasteiger partial charge in [0.15, 0.2) is 11.5 Å². The lowest BCUT2D eigenvalue weighted by atomic mass is 9.74. The zero-order valence-corrected chi connectivity index (χ0v) is 12.4. The minimum Gasteiger partial charge on any atom is -0.486 e. The number of benzene rings is 1. The number of rotatable bonds is 3. The normalized spacial score (nSPS) is 21.2. The van der Waals surface area contributed by atoms with Gasteiger partial charge in [-0.2, -0.15) is 0 Å². The molecule has 1 aromatic carbocycles. The number of hydrogen-bond donors (Lipinski definition) is 1. The lowest BCUT2D eigenvalue weighted by Crippen LogP contribution is -2.36. The molecule has 0 spiro atoms. The zero-order chi connectivity index (χ0) is 13.8. The molecule has 2 aliphatic rings. The minimum absolute atomic E-state index is 0.265. The third kappa shape index (κ3) is 2.64. The summed E-state index contributed by atoms with van der Waals surface area (Å²) in [5.41, 5.74) is 1.68. The summed E-state index contributed by atoms with van der Waals surface area (Å²) in [7, 11) is 2.06. The highest BCUT2D eigenvalue weighted by atomic mass is 16.6. The summed E-state index contributed by atoms with van der Waals surface area (Å²) in [5, 5.41) is 3.41. The molecule has 0 aromatic heterocycles. The molecule has 3 rings (SSSR count). The second kappa shape index (κ2) is 6.04. The van der Waals surface area contributed by atoms with Gasteiger partial charge in [-0.25, -0.2) is 0 Å². The molecular formula is C17H25NO2. The molecule has 3 heteroatoms. The fourth-order valence-corrected chi connectivity index (χ4v) is 3.68. The molecule has 1 aliphatic heterocycles. The Balaban J connectivity index is 1.93. The number of fused-ring (bicyclic) bond motifs is 1. The molecule has 0 saturated heterocycles. The summed E-state index contributed by atoms with van der Waals surface area (Å²) in [6.45, 7) is 2.37. The van der Waals surface area contributed by atoms with Crippen LogP contribution in [0.25, 0.3) is 0 Å². The average molecular weight is 275 g/mol. The third-order valence-electron chi connectivity index (χ3n) is 4.73.